The molecule has 34 heavy (non-hydrogen) atoms. The molecule has 5 rings (SSSR count). The van der Waals surface area contributed by atoms with E-state index in [4.69, 9.17) is 9.47 Å². The van der Waals surface area contributed by atoms with E-state index in [0.717, 1.165) is 56.7 Å². The first-order valence-corrected chi connectivity index (χ1v) is 13.1. The lowest BCUT2D eigenvalue weighted by Gasteiger charge is -2.48. The summed E-state index contributed by atoms with van der Waals surface area (Å²) in [7, 11) is 2.18. The fourth-order valence-electron chi connectivity index (χ4n) is 5.74. The minimum absolute atomic E-state index is 0.280. The minimum atomic E-state index is -0.559. The summed E-state index contributed by atoms with van der Waals surface area (Å²) in [5.41, 5.74) is 3.51. The smallest absolute Gasteiger partial charge is 0.161 e. The summed E-state index contributed by atoms with van der Waals surface area (Å²) in [6.07, 6.45) is 8.54. The molecular formula is C30H41NO3. The normalized spacial score (nSPS) is 23.7. The second kappa shape index (κ2) is 11.4. The van der Waals surface area contributed by atoms with Gasteiger partial charge >= 0.3 is 0 Å². The molecule has 2 aromatic carbocycles. The molecule has 0 aliphatic heterocycles. The van der Waals surface area contributed by atoms with Gasteiger partial charge in [-0.2, -0.15) is 0 Å². The van der Waals surface area contributed by atoms with Crippen LogP contribution >= 0.6 is 0 Å². The predicted octanol–water partition coefficient (Wildman–Crippen LogP) is 5.98. The molecule has 2 aromatic rings. The van der Waals surface area contributed by atoms with Crippen LogP contribution in [0.4, 0.5) is 0 Å². The van der Waals surface area contributed by atoms with Crippen molar-refractivity contribution in [3.63, 3.8) is 0 Å². The van der Waals surface area contributed by atoms with E-state index in [1.807, 2.05) is 19.9 Å². The molecule has 0 aromatic heterocycles. The molecule has 3 aliphatic rings. The summed E-state index contributed by atoms with van der Waals surface area (Å²) < 4.78 is 11.4. The zero-order valence-electron chi connectivity index (χ0n) is 21.1. The van der Waals surface area contributed by atoms with Crippen LogP contribution in [0.1, 0.15) is 57.1 Å². The predicted molar refractivity (Wildman–Crippen MR) is 139 cm³/mol. The van der Waals surface area contributed by atoms with Crippen LogP contribution in [0.25, 0.3) is 5.57 Å². The second-order valence-corrected chi connectivity index (χ2v) is 9.98. The van der Waals surface area contributed by atoms with E-state index in [-0.39, 0.29) is 5.92 Å². The van der Waals surface area contributed by atoms with Gasteiger partial charge in [-0.15, -0.1) is 0 Å². The Morgan fingerprint density at radius 1 is 0.971 bits per heavy atom. The van der Waals surface area contributed by atoms with Crippen molar-refractivity contribution in [1.82, 2.24) is 4.90 Å². The fraction of sp³-hybridized carbons (Fsp3) is 0.533. The van der Waals surface area contributed by atoms with E-state index in [2.05, 4.69) is 60.5 Å². The first-order chi connectivity index (χ1) is 16.5. The zero-order valence-corrected chi connectivity index (χ0v) is 21.1. The number of hydrogen-bond donors (Lipinski definition) is 1. The highest BCUT2D eigenvalue weighted by molar-refractivity contribution is 5.69. The Bertz CT molecular complexity index is 957. The van der Waals surface area contributed by atoms with Crippen LogP contribution < -0.4 is 9.47 Å². The molecular weight excluding hydrogens is 422 g/mol. The largest absolute Gasteiger partial charge is 0.490 e. The number of allylic oxidation sites excluding steroid dienone is 1. The molecule has 3 atom stereocenters. The molecule has 0 radical (unpaired) electrons. The molecule has 0 spiro atoms. The lowest BCUT2D eigenvalue weighted by Crippen LogP contribution is -2.48. The van der Waals surface area contributed by atoms with Gasteiger partial charge in [-0.1, -0.05) is 42.5 Å². The third kappa shape index (κ3) is 5.84. The molecule has 1 saturated carbocycles. The molecule has 0 heterocycles. The lowest BCUT2D eigenvalue weighted by molar-refractivity contribution is -0.0574. The molecule has 2 bridgehead atoms. The van der Waals surface area contributed by atoms with E-state index < -0.39 is 5.60 Å². The van der Waals surface area contributed by atoms with Crippen LogP contribution in [0.2, 0.25) is 0 Å². The van der Waals surface area contributed by atoms with Crippen molar-refractivity contribution in [2.75, 3.05) is 33.4 Å². The van der Waals surface area contributed by atoms with Gasteiger partial charge in [-0.05, 0) is 101 Å². The standard InChI is InChI=1S/C30H41NO3/c1-4-33-28-16-13-23(20-29(28)34-5-2)10-9-18-31(3)19-17-30(32)22-25-14-15-26(30)21-27(25)24-11-7-6-8-12-24/h6-8,11-13,16,20-21,25-26,32H,4-5,9-10,14-15,17-19,22H2,1-3H3. The maximum atomic E-state index is 11.5. The van der Waals surface area contributed by atoms with Gasteiger partial charge in [0, 0.05) is 12.5 Å². The number of nitrogens with zero attached hydrogens (tertiary/aromatic N) is 1. The second-order valence-electron chi connectivity index (χ2n) is 9.98. The van der Waals surface area contributed by atoms with Crippen molar-refractivity contribution in [3.05, 3.63) is 65.7 Å². The van der Waals surface area contributed by atoms with Crippen LogP contribution in [0.5, 0.6) is 11.5 Å². The first-order valence-electron chi connectivity index (χ1n) is 13.1. The molecule has 184 valence electrons. The van der Waals surface area contributed by atoms with Crippen molar-refractivity contribution in [2.45, 2.75) is 58.0 Å². The Hall–Kier alpha value is -2.30. The van der Waals surface area contributed by atoms with Gasteiger partial charge in [0.2, 0.25) is 0 Å². The SMILES string of the molecule is CCOc1ccc(CCCN(C)CCC2(O)CC3CCC2C=C3c2ccccc2)cc1OCC. The van der Waals surface area contributed by atoms with E-state index in [9.17, 15) is 5.11 Å². The maximum Gasteiger partial charge on any atom is 0.161 e. The van der Waals surface area contributed by atoms with Crippen molar-refractivity contribution in [3.8, 4) is 11.5 Å². The number of hydrogen-bond acceptors (Lipinski definition) is 4. The van der Waals surface area contributed by atoms with E-state index in [1.54, 1.807) is 0 Å². The Morgan fingerprint density at radius 3 is 2.44 bits per heavy atom. The first kappa shape index (κ1) is 24.8. The third-order valence-electron chi connectivity index (χ3n) is 7.58. The van der Waals surface area contributed by atoms with E-state index in [0.29, 0.717) is 19.1 Å². The summed E-state index contributed by atoms with van der Waals surface area (Å²) in [5.74, 6) is 2.43. The quantitative estimate of drug-likeness (QED) is 0.420. The number of rotatable bonds is 12. The molecule has 4 heteroatoms. The van der Waals surface area contributed by atoms with Crippen LogP contribution in [-0.4, -0.2) is 49.0 Å². The van der Waals surface area contributed by atoms with E-state index >= 15 is 0 Å². The average Bonchev–Trinajstić information content (AvgIpc) is 2.85. The van der Waals surface area contributed by atoms with Gasteiger partial charge < -0.3 is 19.5 Å². The topological polar surface area (TPSA) is 41.9 Å². The molecule has 4 nitrogen and oxygen atoms in total. The summed E-state index contributed by atoms with van der Waals surface area (Å²) in [6.45, 7) is 7.23. The minimum Gasteiger partial charge on any atom is -0.490 e. The van der Waals surface area contributed by atoms with Gasteiger partial charge in [-0.25, -0.2) is 0 Å². The summed E-state index contributed by atoms with van der Waals surface area (Å²) in [5, 5.41) is 11.5. The number of aryl methyl sites for hydroxylation is 1. The fourth-order valence-corrected chi connectivity index (χ4v) is 5.74. The molecule has 0 saturated heterocycles. The number of aliphatic hydroxyl groups is 1. The van der Waals surface area contributed by atoms with Crippen molar-refractivity contribution in [1.29, 1.82) is 0 Å². The number of benzene rings is 2. The average molecular weight is 464 g/mol. The Labute approximate surface area is 205 Å². The Morgan fingerprint density at radius 2 is 1.74 bits per heavy atom. The van der Waals surface area contributed by atoms with Gasteiger partial charge in [0.15, 0.2) is 11.5 Å². The van der Waals surface area contributed by atoms with Gasteiger partial charge in [-0.3, -0.25) is 0 Å². The highest BCUT2D eigenvalue weighted by atomic mass is 16.5. The monoisotopic (exact) mass is 463 g/mol. The van der Waals surface area contributed by atoms with Crippen LogP contribution in [-0.2, 0) is 6.42 Å². The maximum absolute atomic E-state index is 11.5. The van der Waals surface area contributed by atoms with Gasteiger partial charge in [0.05, 0.1) is 18.8 Å². The van der Waals surface area contributed by atoms with Gasteiger partial charge in [0.1, 0.15) is 0 Å². The van der Waals surface area contributed by atoms with Crippen LogP contribution in [0.15, 0.2) is 54.6 Å². The Kier molecular flexibility index (Phi) is 8.33. The van der Waals surface area contributed by atoms with Crippen molar-refractivity contribution in [2.24, 2.45) is 11.8 Å². The van der Waals surface area contributed by atoms with Gasteiger partial charge in [0.25, 0.3) is 0 Å². The highest BCUT2D eigenvalue weighted by Gasteiger charge is 2.46. The highest BCUT2D eigenvalue weighted by Crippen LogP contribution is 2.51. The van der Waals surface area contributed by atoms with E-state index in [1.165, 1.54) is 23.1 Å². The van der Waals surface area contributed by atoms with Crippen LogP contribution in [0.3, 0.4) is 0 Å². The molecule has 1 fully saturated rings. The van der Waals surface area contributed by atoms with Crippen LogP contribution in [0, 0.1) is 11.8 Å². The summed E-state index contributed by atoms with van der Waals surface area (Å²) in [4.78, 5) is 2.38. The summed E-state index contributed by atoms with van der Waals surface area (Å²) >= 11 is 0. The van der Waals surface area contributed by atoms with Crippen molar-refractivity contribution >= 4 is 5.57 Å². The molecule has 3 unspecified atom stereocenters. The number of ether oxygens (including phenoxy) is 2. The molecule has 3 aliphatic carbocycles. The van der Waals surface area contributed by atoms with Crippen molar-refractivity contribution < 1.29 is 14.6 Å². The molecule has 0 amide bonds. The molecule has 1 N–H and O–H groups in total. The summed E-state index contributed by atoms with van der Waals surface area (Å²) in [6, 6.07) is 17.0. The zero-order chi connectivity index (χ0) is 24.0. The third-order valence-corrected chi connectivity index (χ3v) is 7.58. The lowest BCUT2D eigenvalue weighted by atomic mass is 9.61. The number of fused-ring (bicyclic) bond motifs is 2. The Balaban J connectivity index is 1.27.